The smallest absolute Gasteiger partial charge is 0.276 e. The van der Waals surface area contributed by atoms with Crippen LogP contribution >= 0.6 is 27.3 Å². The van der Waals surface area contributed by atoms with Gasteiger partial charge in [0.05, 0.1) is 22.1 Å². The van der Waals surface area contributed by atoms with Gasteiger partial charge in [0.2, 0.25) is 5.88 Å². The van der Waals surface area contributed by atoms with Crippen molar-refractivity contribution in [2.75, 3.05) is 0 Å². The monoisotopic (exact) mass is 525 g/mol. The Labute approximate surface area is 204 Å². The van der Waals surface area contributed by atoms with Crippen molar-refractivity contribution in [1.82, 2.24) is 24.5 Å². The summed E-state index contributed by atoms with van der Waals surface area (Å²) in [6.07, 6.45) is 1.77. The van der Waals surface area contributed by atoms with Gasteiger partial charge in [0, 0.05) is 23.1 Å². The summed E-state index contributed by atoms with van der Waals surface area (Å²) in [7, 11) is 0. The molecule has 0 radical (unpaired) electrons. The summed E-state index contributed by atoms with van der Waals surface area (Å²) in [4.78, 5) is 31.3. The van der Waals surface area contributed by atoms with Crippen LogP contribution in [0.2, 0.25) is 0 Å². The average molecular weight is 526 g/mol. The molecule has 0 aliphatic carbocycles. The van der Waals surface area contributed by atoms with E-state index in [0.717, 1.165) is 39.0 Å². The zero-order valence-corrected chi connectivity index (χ0v) is 21.5. The normalized spacial score (nSPS) is 11.2. The van der Waals surface area contributed by atoms with Gasteiger partial charge in [-0.1, -0.05) is 26.0 Å². The van der Waals surface area contributed by atoms with E-state index in [9.17, 15) is 4.79 Å². The number of benzene rings is 1. The van der Waals surface area contributed by atoms with E-state index in [4.69, 9.17) is 4.74 Å². The molecule has 0 N–H and O–H groups in total. The summed E-state index contributed by atoms with van der Waals surface area (Å²) in [5.74, 6) is 1.79. The van der Waals surface area contributed by atoms with Crippen molar-refractivity contribution in [1.29, 1.82) is 0 Å². The molecule has 3 aromatic heterocycles. The van der Waals surface area contributed by atoms with Gasteiger partial charge in [0.25, 0.3) is 5.56 Å². The molecule has 0 fully saturated rings. The summed E-state index contributed by atoms with van der Waals surface area (Å²) in [6, 6.07) is 7.82. The van der Waals surface area contributed by atoms with Crippen molar-refractivity contribution >= 4 is 27.3 Å². The molecule has 0 aliphatic rings. The minimum Gasteiger partial charge on any atom is -0.470 e. The third kappa shape index (κ3) is 4.89. The molecule has 170 valence electrons. The Hall–Kier alpha value is -2.91. The highest BCUT2D eigenvalue weighted by atomic mass is 79.9. The first kappa shape index (κ1) is 23.3. The molecular weight excluding hydrogens is 502 g/mol. The lowest BCUT2D eigenvalue weighted by atomic mass is 10.1. The summed E-state index contributed by atoms with van der Waals surface area (Å²) < 4.78 is 7.67. The number of nitrogens with zero attached hydrogens (tertiary/aromatic N) is 5. The fourth-order valence-electron chi connectivity index (χ4n) is 3.40. The number of halogens is 1. The minimum atomic E-state index is -0.238. The van der Waals surface area contributed by atoms with Crippen LogP contribution in [0.3, 0.4) is 0 Å². The molecule has 33 heavy (non-hydrogen) atoms. The second-order valence-corrected chi connectivity index (χ2v) is 9.88. The van der Waals surface area contributed by atoms with E-state index in [0.29, 0.717) is 5.82 Å². The molecule has 4 rings (SSSR count). The maximum atomic E-state index is 13.3. The summed E-state index contributed by atoms with van der Waals surface area (Å²) in [6.45, 7) is 10.1. The summed E-state index contributed by atoms with van der Waals surface area (Å²) in [5.41, 5.74) is 3.98. The Bertz CT molecular complexity index is 1380. The predicted molar refractivity (Wildman–Crippen MR) is 133 cm³/mol. The van der Waals surface area contributed by atoms with Gasteiger partial charge in [-0.25, -0.2) is 15.0 Å². The van der Waals surface area contributed by atoms with E-state index >= 15 is 0 Å². The lowest BCUT2D eigenvalue weighted by molar-refractivity contribution is 0.285. The molecule has 4 aromatic rings. The molecule has 1 aromatic carbocycles. The SMILES string of the molecule is Cc1nc(COc2nc(C)n(-c3cc(-c4ccnc(C(C)C)n4)ccc3C)c(=O)c2Br)cs1. The van der Waals surface area contributed by atoms with Crippen LogP contribution in [-0.4, -0.2) is 24.5 Å². The first-order valence-electron chi connectivity index (χ1n) is 10.5. The molecule has 0 saturated carbocycles. The van der Waals surface area contributed by atoms with Gasteiger partial charge in [-0.15, -0.1) is 11.3 Å². The maximum absolute atomic E-state index is 13.3. The Kier molecular flexibility index (Phi) is 6.71. The van der Waals surface area contributed by atoms with Gasteiger partial charge in [-0.3, -0.25) is 9.36 Å². The number of hydrogen-bond donors (Lipinski definition) is 0. The number of rotatable bonds is 6. The maximum Gasteiger partial charge on any atom is 0.276 e. The van der Waals surface area contributed by atoms with Crippen LogP contribution in [0.1, 0.15) is 47.7 Å². The Balaban J connectivity index is 1.73. The zero-order valence-electron chi connectivity index (χ0n) is 19.1. The second-order valence-electron chi connectivity index (χ2n) is 8.02. The van der Waals surface area contributed by atoms with E-state index in [1.165, 1.54) is 0 Å². The van der Waals surface area contributed by atoms with Crippen molar-refractivity contribution in [2.45, 2.75) is 47.1 Å². The number of aryl methyl sites for hydroxylation is 3. The van der Waals surface area contributed by atoms with Crippen molar-refractivity contribution < 1.29 is 4.74 Å². The Morgan fingerprint density at radius 1 is 1.12 bits per heavy atom. The molecule has 0 unspecified atom stereocenters. The third-order valence-corrected chi connectivity index (χ3v) is 6.63. The minimum absolute atomic E-state index is 0.223. The van der Waals surface area contributed by atoms with Crippen molar-refractivity contribution in [3.05, 3.63) is 78.6 Å². The molecular formula is C24H24BrN5O2S. The largest absolute Gasteiger partial charge is 0.470 e. The van der Waals surface area contributed by atoms with E-state index in [2.05, 4.69) is 49.7 Å². The second kappa shape index (κ2) is 9.52. The summed E-state index contributed by atoms with van der Waals surface area (Å²) >= 11 is 4.95. The van der Waals surface area contributed by atoms with E-state index < -0.39 is 0 Å². The van der Waals surface area contributed by atoms with Gasteiger partial charge >= 0.3 is 0 Å². The quantitative estimate of drug-likeness (QED) is 0.328. The van der Waals surface area contributed by atoms with Crippen LogP contribution in [0.15, 0.2) is 45.1 Å². The van der Waals surface area contributed by atoms with Crippen molar-refractivity contribution in [3.8, 4) is 22.8 Å². The van der Waals surface area contributed by atoms with Crippen LogP contribution in [-0.2, 0) is 6.61 Å². The van der Waals surface area contributed by atoms with Gasteiger partial charge in [0.1, 0.15) is 22.7 Å². The molecule has 0 saturated heterocycles. The third-order valence-electron chi connectivity index (χ3n) is 5.13. The zero-order chi connectivity index (χ0) is 23.7. The molecule has 0 spiro atoms. The van der Waals surface area contributed by atoms with Crippen LogP contribution in [0.25, 0.3) is 16.9 Å². The molecule has 9 heteroatoms. The van der Waals surface area contributed by atoms with E-state index in [-0.39, 0.29) is 28.4 Å². The highest BCUT2D eigenvalue weighted by Gasteiger charge is 2.18. The number of thiazole rings is 1. The van der Waals surface area contributed by atoms with Gasteiger partial charge in [0.15, 0.2) is 0 Å². The average Bonchev–Trinajstić information content (AvgIpc) is 3.21. The lowest BCUT2D eigenvalue weighted by Gasteiger charge is -2.16. The van der Waals surface area contributed by atoms with E-state index in [1.54, 1.807) is 29.0 Å². The molecule has 7 nitrogen and oxygen atoms in total. The van der Waals surface area contributed by atoms with Gasteiger partial charge in [-0.2, -0.15) is 4.98 Å². The molecule has 0 aliphatic heterocycles. The molecule has 0 bridgehead atoms. The Morgan fingerprint density at radius 3 is 2.61 bits per heavy atom. The first-order valence-corrected chi connectivity index (χ1v) is 12.2. The van der Waals surface area contributed by atoms with Crippen molar-refractivity contribution in [3.63, 3.8) is 0 Å². The number of ether oxygens (including phenoxy) is 1. The molecule has 0 amide bonds. The van der Waals surface area contributed by atoms with Crippen molar-refractivity contribution in [2.24, 2.45) is 0 Å². The lowest BCUT2D eigenvalue weighted by Crippen LogP contribution is -2.24. The number of hydrogen-bond acceptors (Lipinski definition) is 7. The standard InChI is InChI=1S/C24H24BrN5O2S/c1-13(2)22-26-9-8-19(29-22)17-7-6-14(3)20(10-17)30-15(4)27-23(21(25)24(30)31)32-11-18-12-33-16(5)28-18/h6-10,12-13H,11H2,1-5H3. The van der Waals surface area contributed by atoms with Crippen LogP contribution in [0.4, 0.5) is 0 Å². The molecule has 3 heterocycles. The summed E-state index contributed by atoms with van der Waals surface area (Å²) in [5, 5.41) is 2.90. The fraction of sp³-hybridized carbons (Fsp3) is 0.292. The molecule has 0 atom stereocenters. The topological polar surface area (TPSA) is 82.8 Å². The number of aromatic nitrogens is 5. The first-order chi connectivity index (χ1) is 15.7. The predicted octanol–water partition coefficient (Wildman–Crippen LogP) is 5.54. The van der Waals surface area contributed by atoms with Crippen LogP contribution in [0, 0.1) is 20.8 Å². The van der Waals surface area contributed by atoms with Crippen LogP contribution < -0.4 is 10.3 Å². The highest BCUT2D eigenvalue weighted by molar-refractivity contribution is 9.10. The van der Waals surface area contributed by atoms with E-state index in [1.807, 2.05) is 43.5 Å². The van der Waals surface area contributed by atoms with Gasteiger partial charge < -0.3 is 4.74 Å². The Morgan fingerprint density at radius 2 is 1.91 bits per heavy atom. The van der Waals surface area contributed by atoms with Gasteiger partial charge in [-0.05, 0) is 54.4 Å². The van der Waals surface area contributed by atoms with Crippen LogP contribution in [0.5, 0.6) is 5.88 Å². The fourth-order valence-corrected chi connectivity index (χ4v) is 4.38. The highest BCUT2D eigenvalue weighted by Crippen LogP contribution is 2.27.